The highest BCUT2D eigenvalue weighted by molar-refractivity contribution is 5.85. The molecule has 3 aromatic rings. The number of pyridine rings is 1. The van der Waals surface area contributed by atoms with E-state index < -0.39 is 0 Å². The summed E-state index contributed by atoms with van der Waals surface area (Å²) in [4.78, 5) is 4.48. The van der Waals surface area contributed by atoms with Gasteiger partial charge in [-0.05, 0) is 31.2 Å². The van der Waals surface area contributed by atoms with Gasteiger partial charge in [-0.15, -0.1) is 10.2 Å². The molecule has 5 heteroatoms. The summed E-state index contributed by atoms with van der Waals surface area (Å²) >= 11 is 0. The van der Waals surface area contributed by atoms with E-state index in [2.05, 4.69) is 15.2 Å². The molecular weight excluding hydrogens is 254 g/mol. The summed E-state index contributed by atoms with van der Waals surface area (Å²) < 4.78 is 11.2. The maximum atomic E-state index is 5.77. The zero-order chi connectivity index (χ0) is 13.9. The van der Waals surface area contributed by atoms with E-state index in [4.69, 9.17) is 9.15 Å². The van der Waals surface area contributed by atoms with Crippen LogP contribution in [0.25, 0.3) is 10.9 Å². The highest BCUT2D eigenvalue weighted by atomic mass is 16.5. The molecule has 0 atom stereocenters. The van der Waals surface area contributed by atoms with Crippen LogP contribution in [0.4, 0.5) is 0 Å². The lowest BCUT2D eigenvalue weighted by molar-refractivity contribution is 0.262. The third-order valence-corrected chi connectivity index (χ3v) is 2.99. The molecule has 0 aliphatic carbocycles. The van der Waals surface area contributed by atoms with Gasteiger partial charge in [0.2, 0.25) is 5.89 Å². The Morgan fingerprint density at radius 2 is 1.95 bits per heavy atom. The van der Waals surface area contributed by atoms with Gasteiger partial charge < -0.3 is 9.15 Å². The molecule has 0 aliphatic rings. The molecule has 2 aromatic heterocycles. The van der Waals surface area contributed by atoms with Gasteiger partial charge in [0.25, 0.3) is 5.89 Å². The molecular formula is C15H15N3O2. The number of ether oxygens (including phenoxy) is 1. The first-order valence-corrected chi connectivity index (χ1v) is 6.56. The summed E-state index contributed by atoms with van der Waals surface area (Å²) in [5, 5.41) is 8.83. The monoisotopic (exact) mass is 269 g/mol. The fourth-order valence-electron chi connectivity index (χ4n) is 1.98. The first-order chi connectivity index (χ1) is 9.76. The standard InChI is InChI=1S/C15H15N3O2/c1-3-14-17-18-15(20-14)9-19-13-6-4-5-12-11(13)8-7-10(2)16-12/h4-8H,3,9H2,1-2H3. The van der Waals surface area contributed by atoms with Crippen LogP contribution in [-0.4, -0.2) is 15.2 Å². The number of aromatic nitrogens is 3. The Bertz CT molecular complexity index is 737. The molecule has 3 rings (SSSR count). The van der Waals surface area contributed by atoms with Crippen LogP contribution < -0.4 is 4.74 Å². The molecule has 1 aromatic carbocycles. The number of fused-ring (bicyclic) bond motifs is 1. The van der Waals surface area contributed by atoms with Crippen LogP contribution in [0.15, 0.2) is 34.7 Å². The van der Waals surface area contributed by atoms with Crippen molar-refractivity contribution < 1.29 is 9.15 Å². The molecule has 0 aliphatic heterocycles. The van der Waals surface area contributed by atoms with Crippen molar-refractivity contribution in [1.29, 1.82) is 0 Å². The van der Waals surface area contributed by atoms with Gasteiger partial charge in [-0.3, -0.25) is 4.98 Å². The summed E-state index contributed by atoms with van der Waals surface area (Å²) in [6.45, 7) is 4.20. The van der Waals surface area contributed by atoms with Gasteiger partial charge in [-0.25, -0.2) is 0 Å². The summed E-state index contributed by atoms with van der Waals surface area (Å²) in [5.74, 6) is 1.88. The molecule has 0 fully saturated rings. The number of hydrogen-bond acceptors (Lipinski definition) is 5. The fourth-order valence-corrected chi connectivity index (χ4v) is 1.98. The van der Waals surface area contributed by atoms with Crippen molar-refractivity contribution in [2.24, 2.45) is 0 Å². The first-order valence-electron chi connectivity index (χ1n) is 6.56. The first kappa shape index (κ1) is 12.6. The topological polar surface area (TPSA) is 61.0 Å². The maximum Gasteiger partial charge on any atom is 0.253 e. The van der Waals surface area contributed by atoms with Crippen LogP contribution in [-0.2, 0) is 13.0 Å². The minimum Gasteiger partial charge on any atom is -0.483 e. The molecule has 0 unspecified atom stereocenters. The minimum absolute atomic E-state index is 0.264. The molecule has 2 heterocycles. The zero-order valence-electron chi connectivity index (χ0n) is 11.5. The van der Waals surface area contributed by atoms with Gasteiger partial charge in [-0.1, -0.05) is 13.0 Å². The number of benzene rings is 1. The molecule has 0 spiro atoms. The Labute approximate surface area is 116 Å². The molecule has 0 N–H and O–H groups in total. The molecule has 0 radical (unpaired) electrons. The lowest BCUT2D eigenvalue weighted by atomic mass is 10.2. The Balaban J connectivity index is 1.83. The fraction of sp³-hybridized carbons (Fsp3) is 0.267. The van der Waals surface area contributed by atoms with Crippen LogP contribution in [0, 0.1) is 6.92 Å². The van der Waals surface area contributed by atoms with Gasteiger partial charge in [-0.2, -0.15) is 0 Å². The molecule has 102 valence electrons. The smallest absolute Gasteiger partial charge is 0.253 e. The van der Waals surface area contributed by atoms with E-state index in [-0.39, 0.29) is 6.61 Å². The van der Waals surface area contributed by atoms with Crippen molar-refractivity contribution in [1.82, 2.24) is 15.2 Å². The number of nitrogens with zero attached hydrogens (tertiary/aromatic N) is 3. The third-order valence-electron chi connectivity index (χ3n) is 2.99. The van der Waals surface area contributed by atoms with Crippen molar-refractivity contribution in [3.05, 3.63) is 47.8 Å². The van der Waals surface area contributed by atoms with Crippen LogP contribution >= 0.6 is 0 Å². The highest BCUT2D eigenvalue weighted by Crippen LogP contribution is 2.25. The van der Waals surface area contributed by atoms with E-state index >= 15 is 0 Å². The quantitative estimate of drug-likeness (QED) is 0.728. The molecule has 5 nitrogen and oxygen atoms in total. The normalized spacial score (nSPS) is 10.9. The van der Waals surface area contributed by atoms with Crippen molar-refractivity contribution in [2.75, 3.05) is 0 Å². The summed E-state index contributed by atoms with van der Waals surface area (Å²) in [5.41, 5.74) is 1.90. The van der Waals surface area contributed by atoms with E-state index in [9.17, 15) is 0 Å². The van der Waals surface area contributed by atoms with E-state index in [0.717, 1.165) is 28.8 Å². The Hall–Kier alpha value is -2.43. The highest BCUT2D eigenvalue weighted by Gasteiger charge is 2.07. The molecule has 0 bridgehead atoms. The lowest BCUT2D eigenvalue weighted by Gasteiger charge is -2.07. The SMILES string of the molecule is CCc1nnc(COc2cccc3nc(C)ccc23)o1. The largest absolute Gasteiger partial charge is 0.483 e. The average molecular weight is 269 g/mol. The van der Waals surface area contributed by atoms with Crippen LogP contribution in [0.2, 0.25) is 0 Å². The van der Waals surface area contributed by atoms with E-state index in [1.807, 2.05) is 44.2 Å². The van der Waals surface area contributed by atoms with Gasteiger partial charge in [0.1, 0.15) is 5.75 Å². The lowest BCUT2D eigenvalue weighted by Crippen LogP contribution is -1.97. The number of aryl methyl sites for hydroxylation is 2. The minimum atomic E-state index is 0.264. The number of hydrogen-bond donors (Lipinski definition) is 0. The molecule has 20 heavy (non-hydrogen) atoms. The zero-order valence-corrected chi connectivity index (χ0v) is 11.5. The third kappa shape index (κ3) is 2.47. The predicted molar refractivity (Wildman–Crippen MR) is 74.5 cm³/mol. The van der Waals surface area contributed by atoms with Crippen molar-refractivity contribution in [3.63, 3.8) is 0 Å². The van der Waals surface area contributed by atoms with E-state index in [1.165, 1.54) is 0 Å². The van der Waals surface area contributed by atoms with E-state index in [0.29, 0.717) is 11.8 Å². The second kappa shape index (κ2) is 5.28. The molecule has 0 amide bonds. The van der Waals surface area contributed by atoms with Crippen LogP contribution in [0.3, 0.4) is 0 Å². The van der Waals surface area contributed by atoms with Crippen molar-refractivity contribution >= 4 is 10.9 Å². The summed E-state index contributed by atoms with van der Waals surface area (Å²) in [6, 6.07) is 9.79. The number of rotatable bonds is 4. The Morgan fingerprint density at radius 1 is 1.10 bits per heavy atom. The molecule has 0 saturated carbocycles. The summed E-state index contributed by atoms with van der Waals surface area (Å²) in [6.07, 6.45) is 0.727. The van der Waals surface area contributed by atoms with Crippen LogP contribution in [0.1, 0.15) is 24.4 Å². The van der Waals surface area contributed by atoms with Gasteiger partial charge in [0.05, 0.1) is 5.52 Å². The van der Waals surface area contributed by atoms with Crippen molar-refractivity contribution in [3.8, 4) is 5.75 Å². The average Bonchev–Trinajstić information content (AvgIpc) is 2.92. The van der Waals surface area contributed by atoms with E-state index in [1.54, 1.807) is 0 Å². The second-order valence-electron chi connectivity index (χ2n) is 4.51. The predicted octanol–water partition coefficient (Wildman–Crippen LogP) is 3.07. The Morgan fingerprint density at radius 3 is 2.75 bits per heavy atom. The Kier molecular flexibility index (Phi) is 3.33. The van der Waals surface area contributed by atoms with Gasteiger partial charge in [0, 0.05) is 17.5 Å². The second-order valence-corrected chi connectivity index (χ2v) is 4.51. The van der Waals surface area contributed by atoms with Crippen molar-refractivity contribution in [2.45, 2.75) is 26.9 Å². The van der Waals surface area contributed by atoms with Gasteiger partial charge in [0.15, 0.2) is 6.61 Å². The summed E-state index contributed by atoms with van der Waals surface area (Å²) in [7, 11) is 0. The van der Waals surface area contributed by atoms with Crippen LogP contribution in [0.5, 0.6) is 5.75 Å². The maximum absolute atomic E-state index is 5.77. The van der Waals surface area contributed by atoms with Gasteiger partial charge >= 0.3 is 0 Å². The molecule has 0 saturated heterocycles.